The summed E-state index contributed by atoms with van der Waals surface area (Å²) < 4.78 is 0. The predicted molar refractivity (Wildman–Crippen MR) is 93.5 cm³/mol. The molecule has 118 valence electrons. The Balaban J connectivity index is 1.34. The van der Waals surface area contributed by atoms with E-state index in [1.807, 2.05) is 0 Å². The Kier molecular flexibility index (Phi) is 3.86. The third-order valence-corrected chi connectivity index (χ3v) is 6.66. The molecule has 0 radical (unpaired) electrons. The molecule has 0 amide bonds. The van der Waals surface area contributed by atoms with Gasteiger partial charge in [0, 0.05) is 12.6 Å². The Bertz CT molecular complexity index is 495. The van der Waals surface area contributed by atoms with Crippen molar-refractivity contribution < 1.29 is 0 Å². The molecule has 0 spiro atoms. The minimum absolute atomic E-state index is 0.620. The van der Waals surface area contributed by atoms with E-state index in [2.05, 4.69) is 54.7 Å². The van der Waals surface area contributed by atoms with Crippen LogP contribution in [0.3, 0.4) is 0 Å². The summed E-state index contributed by atoms with van der Waals surface area (Å²) >= 11 is 0. The molecule has 1 heteroatoms. The van der Waals surface area contributed by atoms with E-state index in [1.165, 1.54) is 24.8 Å². The average Bonchev–Trinajstić information content (AvgIpc) is 2.51. The van der Waals surface area contributed by atoms with Crippen LogP contribution in [0.25, 0.3) is 6.08 Å². The zero-order chi connectivity index (χ0) is 15.0. The lowest BCUT2D eigenvalue weighted by molar-refractivity contribution is -0.0697. The highest BCUT2D eigenvalue weighted by atomic mass is 14.9. The van der Waals surface area contributed by atoms with Crippen molar-refractivity contribution in [3.8, 4) is 0 Å². The lowest BCUT2D eigenvalue weighted by Gasteiger charge is -2.59. The van der Waals surface area contributed by atoms with Gasteiger partial charge in [-0.05, 0) is 74.2 Å². The van der Waals surface area contributed by atoms with Crippen molar-refractivity contribution in [3.05, 3.63) is 42.0 Å². The molecule has 1 unspecified atom stereocenters. The maximum atomic E-state index is 3.82. The van der Waals surface area contributed by atoms with Crippen LogP contribution in [0, 0.1) is 23.2 Å². The second kappa shape index (κ2) is 5.85. The Morgan fingerprint density at radius 2 is 1.64 bits per heavy atom. The Morgan fingerprint density at radius 3 is 2.23 bits per heavy atom. The van der Waals surface area contributed by atoms with Crippen LogP contribution >= 0.6 is 0 Å². The fourth-order valence-electron chi connectivity index (χ4n) is 5.93. The molecule has 4 aliphatic rings. The van der Waals surface area contributed by atoms with Crippen molar-refractivity contribution in [2.75, 3.05) is 6.54 Å². The zero-order valence-corrected chi connectivity index (χ0v) is 13.8. The number of benzene rings is 1. The van der Waals surface area contributed by atoms with Gasteiger partial charge in [-0.15, -0.1) is 0 Å². The fraction of sp³-hybridized carbons (Fsp3) is 0.619. The van der Waals surface area contributed by atoms with Gasteiger partial charge in [0.2, 0.25) is 0 Å². The van der Waals surface area contributed by atoms with Gasteiger partial charge in [0.05, 0.1) is 0 Å². The highest BCUT2D eigenvalue weighted by Gasteiger charge is 2.52. The summed E-state index contributed by atoms with van der Waals surface area (Å²) in [5.74, 6) is 3.15. The van der Waals surface area contributed by atoms with Crippen LogP contribution in [0.1, 0.15) is 51.0 Å². The van der Waals surface area contributed by atoms with Gasteiger partial charge >= 0.3 is 0 Å². The predicted octanol–water partition coefficient (Wildman–Crippen LogP) is 4.89. The van der Waals surface area contributed by atoms with Crippen LogP contribution in [0.4, 0.5) is 0 Å². The fourth-order valence-corrected chi connectivity index (χ4v) is 5.93. The number of hydrogen-bond acceptors (Lipinski definition) is 1. The van der Waals surface area contributed by atoms with E-state index >= 15 is 0 Å². The van der Waals surface area contributed by atoms with E-state index in [0.29, 0.717) is 11.5 Å². The Hall–Kier alpha value is -1.08. The van der Waals surface area contributed by atoms with E-state index in [1.54, 1.807) is 19.3 Å². The second-order valence-electron chi connectivity index (χ2n) is 8.22. The molecule has 22 heavy (non-hydrogen) atoms. The van der Waals surface area contributed by atoms with Crippen LogP contribution in [-0.2, 0) is 0 Å². The van der Waals surface area contributed by atoms with Gasteiger partial charge in [0.15, 0.2) is 0 Å². The average molecular weight is 295 g/mol. The third kappa shape index (κ3) is 2.76. The molecule has 1 N–H and O–H groups in total. The third-order valence-electron chi connectivity index (χ3n) is 6.66. The molecule has 0 aromatic heterocycles. The smallest absolute Gasteiger partial charge is 0.0140 e. The molecule has 0 saturated heterocycles. The summed E-state index contributed by atoms with van der Waals surface area (Å²) in [6, 6.07) is 11.3. The molecule has 4 aliphatic carbocycles. The summed E-state index contributed by atoms with van der Waals surface area (Å²) in [6.07, 6.45) is 13.6. The summed E-state index contributed by atoms with van der Waals surface area (Å²) in [4.78, 5) is 0. The highest BCUT2D eigenvalue weighted by Crippen LogP contribution is 2.61. The van der Waals surface area contributed by atoms with E-state index in [0.717, 1.165) is 24.3 Å². The lowest BCUT2D eigenvalue weighted by atomic mass is 9.48. The van der Waals surface area contributed by atoms with Crippen molar-refractivity contribution in [3.63, 3.8) is 0 Å². The zero-order valence-electron chi connectivity index (χ0n) is 13.8. The standard InChI is InChI=1S/C21H29N/c1-16(22-9-5-8-17-6-3-2-4-7-17)21-13-18-10-19(14-21)12-20(11-18)15-21/h2-8,16,18-20,22H,9-15H2,1H3/b8-5+. The van der Waals surface area contributed by atoms with Gasteiger partial charge in [0.25, 0.3) is 0 Å². The van der Waals surface area contributed by atoms with E-state index < -0.39 is 0 Å². The quantitative estimate of drug-likeness (QED) is 0.815. The second-order valence-corrected chi connectivity index (χ2v) is 8.22. The molecule has 1 aromatic rings. The first kappa shape index (κ1) is 14.5. The summed E-state index contributed by atoms with van der Waals surface area (Å²) in [5.41, 5.74) is 1.92. The topological polar surface area (TPSA) is 12.0 Å². The SMILES string of the molecule is CC(NC/C=C/c1ccccc1)C12CC3CC(CC(C3)C1)C2. The lowest BCUT2D eigenvalue weighted by Crippen LogP contribution is -2.54. The number of nitrogens with one attached hydrogen (secondary N) is 1. The highest BCUT2D eigenvalue weighted by molar-refractivity contribution is 5.48. The monoisotopic (exact) mass is 295 g/mol. The van der Waals surface area contributed by atoms with Crippen LogP contribution in [0.5, 0.6) is 0 Å². The largest absolute Gasteiger partial charge is 0.310 e. The van der Waals surface area contributed by atoms with Gasteiger partial charge in [-0.2, -0.15) is 0 Å². The van der Waals surface area contributed by atoms with Gasteiger partial charge in [-0.3, -0.25) is 0 Å². The molecule has 0 heterocycles. The van der Waals surface area contributed by atoms with E-state index in [4.69, 9.17) is 0 Å². The first-order valence-electron chi connectivity index (χ1n) is 9.18. The number of hydrogen-bond donors (Lipinski definition) is 1. The Labute approximate surface area is 135 Å². The minimum atomic E-state index is 0.620. The van der Waals surface area contributed by atoms with Crippen molar-refractivity contribution in [1.82, 2.24) is 5.32 Å². The first-order valence-corrected chi connectivity index (χ1v) is 9.18. The van der Waals surface area contributed by atoms with E-state index in [-0.39, 0.29) is 0 Å². The summed E-state index contributed by atoms with van der Waals surface area (Å²) in [5, 5.41) is 3.82. The van der Waals surface area contributed by atoms with Crippen molar-refractivity contribution in [2.24, 2.45) is 23.2 Å². The molecule has 4 fully saturated rings. The molecule has 1 aromatic carbocycles. The van der Waals surface area contributed by atoms with Crippen LogP contribution in [0.2, 0.25) is 0 Å². The first-order chi connectivity index (χ1) is 10.7. The minimum Gasteiger partial charge on any atom is -0.310 e. The maximum absolute atomic E-state index is 3.82. The molecule has 4 bridgehead atoms. The normalized spacial score (nSPS) is 37.8. The van der Waals surface area contributed by atoms with Crippen LogP contribution in [-0.4, -0.2) is 12.6 Å². The van der Waals surface area contributed by atoms with Crippen molar-refractivity contribution in [2.45, 2.75) is 51.5 Å². The molecular formula is C21H29N. The molecule has 1 atom stereocenters. The van der Waals surface area contributed by atoms with E-state index in [9.17, 15) is 0 Å². The van der Waals surface area contributed by atoms with Crippen LogP contribution < -0.4 is 5.32 Å². The molecule has 5 rings (SSSR count). The van der Waals surface area contributed by atoms with Gasteiger partial charge in [-0.1, -0.05) is 42.5 Å². The maximum Gasteiger partial charge on any atom is 0.0140 e. The molecule has 0 aliphatic heterocycles. The molecular weight excluding hydrogens is 266 g/mol. The molecule has 4 saturated carbocycles. The molecule has 1 nitrogen and oxygen atoms in total. The van der Waals surface area contributed by atoms with Gasteiger partial charge < -0.3 is 5.32 Å². The van der Waals surface area contributed by atoms with Crippen LogP contribution in [0.15, 0.2) is 36.4 Å². The van der Waals surface area contributed by atoms with Crippen molar-refractivity contribution >= 4 is 6.08 Å². The van der Waals surface area contributed by atoms with Gasteiger partial charge in [0.1, 0.15) is 0 Å². The van der Waals surface area contributed by atoms with Crippen molar-refractivity contribution in [1.29, 1.82) is 0 Å². The summed E-state index contributed by atoms with van der Waals surface area (Å²) in [6.45, 7) is 3.45. The number of rotatable bonds is 5. The summed E-state index contributed by atoms with van der Waals surface area (Å²) in [7, 11) is 0. The van der Waals surface area contributed by atoms with Gasteiger partial charge in [-0.25, -0.2) is 0 Å². The Morgan fingerprint density at radius 1 is 1.05 bits per heavy atom.